The maximum atomic E-state index is 10.2. The van der Waals surface area contributed by atoms with Crippen molar-refractivity contribution in [1.82, 2.24) is 10.7 Å². The van der Waals surface area contributed by atoms with Crippen molar-refractivity contribution in [1.29, 1.82) is 0 Å². The number of phenolic OH excluding ortho intramolecular Hbond substituents is 1. The molecule has 0 heterocycles. The minimum atomic E-state index is 0.210. The highest BCUT2D eigenvalue weighted by molar-refractivity contribution is 7.80. The fraction of sp³-hybridized carbons (Fsp3) is 0.600. The van der Waals surface area contributed by atoms with Crippen molar-refractivity contribution in [2.24, 2.45) is 5.10 Å². The third-order valence-corrected chi connectivity index (χ3v) is 6.86. The van der Waals surface area contributed by atoms with E-state index in [-0.39, 0.29) is 5.75 Å². The monoisotopic (exact) mass is 497 g/mol. The first kappa shape index (κ1) is 29.1. The Morgan fingerprint density at radius 3 is 1.91 bits per heavy atom. The summed E-state index contributed by atoms with van der Waals surface area (Å²) in [5.74, 6) is 0.210. The van der Waals surface area contributed by atoms with E-state index in [9.17, 15) is 5.11 Å². The highest BCUT2D eigenvalue weighted by atomic mass is 32.1. The van der Waals surface area contributed by atoms with Crippen molar-refractivity contribution in [2.75, 3.05) is 6.54 Å². The zero-order chi connectivity index (χ0) is 25.0. The Labute approximate surface area is 219 Å². The van der Waals surface area contributed by atoms with Gasteiger partial charge in [0.05, 0.1) is 6.21 Å². The summed E-state index contributed by atoms with van der Waals surface area (Å²) in [7, 11) is 0. The number of fused-ring (bicyclic) bond motifs is 1. The molecule has 0 aliphatic carbocycles. The van der Waals surface area contributed by atoms with Gasteiger partial charge in [0, 0.05) is 12.1 Å². The second-order valence-corrected chi connectivity index (χ2v) is 10.1. The lowest BCUT2D eigenvalue weighted by Crippen LogP contribution is -2.32. The van der Waals surface area contributed by atoms with Crippen LogP contribution in [-0.4, -0.2) is 23.0 Å². The van der Waals surface area contributed by atoms with Crippen LogP contribution in [0.4, 0.5) is 0 Å². The number of hydrogen-bond donors (Lipinski definition) is 3. The first-order valence-electron chi connectivity index (χ1n) is 14.0. The zero-order valence-electron chi connectivity index (χ0n) is 21.9. The molecule has 0 aliphatic heterocycles. The van der Waals surface area contributed by atoms with E-state index in [0.717, 1.165) is 23.7 Å². The van der Waals surface area contributed by atoms with Gasteiger partial charge in [0.1, 0.15) is 5.75 Å². The predicted octanol–water partition coefficient (Wildman–Crippen LogP) is 8.60. The largest absolute Gasteiger partial charge is 0.507 e. The molecule has 3 N–H and O–H groups in total. The molecule has 2 rings (SSSR count). The summed E-state index contributed by atoms with van der Waals surface area (Å²) >= 11 is 5.31. The van der Waals surface area contributed by atoms with Gasteiger partial charge in [0.15, 0.2) is 5.11 Å². The van der Waals surface area contributed by atoms with E-state index in [4.69, 9.17) is 12.2 Å². The van der Waals surface area contributed by atoms with Crippen LogP contribution in [0, 0.1) is 0 Å². The molecule has 0 saturated heterocycles. The Balaban J connectivity index is 1.41. The normalized spacial score (nSPS) is 11.3. The van der Waals surface area contributed by atoms with Gasteiger partial charge in [-0.25, -0.2) is 0 Å². The van der Waals surface area contributed by atoms with Gasteiger partial charge >= 0.3 is 0 Å². The van der Waals surface area contributed by atoms with E-state index in [0.29, 0.717) is 10.7 Å². The van der Waals surface area contributed by atoms with Gasteiger partial charge in [-0.05, 0) is 35.5 Å². The van der Waals surface area contributed by atoms with E-state index in [1.54, 1.807) is 12.3 Å². The molecule has 0 fully saturated rings. The van der Waals surface area contributed by atoms with Crippen LogP contribution in [-0.2, 0) is 0 Å². The number of hydrazone groups is 1. The average Bonchev–Trinajstić information content (AvgIpc) is 2.87. The number of nitrogens with zero attached hydrogens (tertiary/aromatic N) is 1. The minimum absolute atomic E-state index is 0.210. The lowest BCUT2D eigenvalue weighted by molar-refractivity contribution is 0.475. The molecule has 2 aromatic carbocycles. The number of hydrogen-bond acceptors (Lipinski definition) is 3. The quantitative estimate of drug-likeness (QED) is 0.0787. The van der Waals surface area contributed by atoms with Crippen LogP contribution < -0.4 is 10.7 Å². The standard InChI is InChI=1S/C30H47N3OS/c1-2-3-4-5-6-7-8-9-10-11-12-13-14-15-16-19-24-31-30(35)33-32-25-28-27-21-18-17-20-26(27)22-23-29(28)34/h17-18,20-23,25,34H,2-16,19,24H2,1H3,(H2,31,33,35)/b32-25+. The molecular formula is C30H47N3OS. The highest BCUT2D eigenvalue weighted by Crippen LogP contribution is 2.25. The van der Waals surface area contributed by atoms with Crippen LogP contribution in [0.1, 0.15) is 115 Å². The van der Waals surface area contributed by atoms with Crippen LogP contribution in [0.5, 0.6) is 5.75 Å². The molecule has 0 amide bonds. The van der Waals surface area contributed by atoms with E-state index in [2.05, 4.69) is 22.8 Å². The zero-order valence-corrected chi connectivity index (χ0v) is 22.7. The number of aromatic hydroxyl groups is 1. The molecule has 35 heavy (non-hydrogen) atoms. The molecular weight excluding hydrogens is 450 g/mol. The van der Waals surface area contributed by atoms with Crippen LogP contribution in [0.25, 0.3) is 10.8 Å². The molecule has 0 saturated carbocycles. The Kier molecular flexibility index (Phi) is 15.9. The highest BCUT2D eigenvalue weighted by Gasteiger charge is 2.04. The molecule has 0 aliphatic rings. The first-order chi connectivity index (χ1) is 17.2. The van der Waals surface area contributed by atoms with Crippen LogP contribution in [0.15, 0.2) is 41.5 Å². The van der Waals surface area contributed by atoms with Crippen molar-refractivity contribution in [2.45, 2.75) is 110 Å². The number of thiocarbonyl (C=S) groups is 1. The lowest BCUT2D eigenvalue weighted by atomic mass is 10.0. The molecule has 194 valence electrons. The number of phenols is 1. The van der Waals surface area contributed by atoms with Crippen LogP contribution >= 0.6 is 12.2 Å². The molecule has 0 bridgehead atoms. The van der Waals surface area contributed by atoms with E-state index in [1.165, 1.54) is 96.3 Å². The summed E-state index contributed by atoms with van der Waals surface area (Å²) in [5.41, 5.74) is 3.55. The molecule has 4 nitrogen and oxygen atoms in total. The Morgan fingerprint density at radius 1 is 0.771 bits per heavy atom. The average molecular weight is 498 g/mol. The van der Waals surface area contributed by atoms with Crippen molar-refractivity contribution in [3.63, 3.8) is 0 Å². The van der Waals surface area contributed by atoms with Gasteiger partial charge in [0.25, 0.3) is 0 Å². The predicted molar refractivity (Wildman–Crippen MR) is 156 cm³/mol. The number of rotatable bonds is 19. The number of unbranched alkanes of at least 4 members (excludes halogenated alkanes) is 15. The molecule has 0 radical (unpaired) electrons. The Bertz CT molecular complexity index is 868. The van der Waals surface area contributed by atoms with E-state index in [1.807, 2.05) is 30.3 Å². The number of benzene rings is 2. The maximum absolute atomic E-state index is 10.2. The van der Waals surface area contributed by atoms with Crippen molar-refractivity contribution < 1.29 is 5.11 Å². The van der Waals surface area contributed by atoms with Gasteiger partial charge < -0.3 is 10.4 Å². The first-order valence-corrected chi connectivity index (χ1v) is 14.4. The summed E-state index contributed by atoms with van der Waals surface area (Å²) in [4.78, 5) is 0. The van der Waals surface area contributed by atoms with E-state index < -0.39 is 0 Å². The number of nitrogens with one attached hydrogen (secondary N) is 2. The Hall–Kier alpha value is -2.14. The molecule has 5 heteroatoms. The van der Waals surface area contributed by atoms with Gasteiger partial charge in [-0.2, -0.15) is 5.10 Å². The van der Waals surface area contributed by atoms with Crippen molar-refractivity contribution in [3.8, 4) is 5.75 Å². The van der Waals surface area contributed by atoms with Crippen LogP contribution in [0.2, 0.25) is 0 Å². The van der Waals surface area contributed by atoms with Gasteiger partial charge in [-0.1, -0.05) is 134 Å². The van der Waals surface area contributed by atoms with E-state index >= 15 is 0 Å². The van der Waals surface area contributed by atoms with Crippen molar-refractivity contribution >= 4 is 34.3 Å². The molecule has 0 unspecified atom stereocenters. The second kappa shape index (κ2) is 19.1. The lowest BCUT2D eigenvalue weighted by Gasteiger charge is -2.08. The summed E-state index contributed by atoms with van der Waals surface area (Å²) in [5, 5.41) is 20.1. The van der Waals surface area contributed by atoms with Gasteiger partial charge in [-0.3, -0.25) is 5.43 Å². The Morgan fingerprint density at radius 2 is 1.31 bits per heavy atom. The van der Waals surface area contributed by atoms with Gasteiger partial charge in [-0.15, -0.1) is 0 Å². The summed E-state index contributed by atoms with van der Waals surface area (Å²) in [6.07, 6.45) is 23.6. The van der Waals surface area contributed by atoms with Crippen molar-refractivity contribution in [3.05, 3.63) is 42.0 Å². The summed E-state index contributed by atoms with van der Waals surface area (Å²) in [6, 6.07) is 11.5. The third-order valence-electron chi connectivity index (χ3n) is 6.62. The fourth-order valence-corrected chi connectivity index (χ4v) is 4.64. The molecule has 0 spiro atoms. The summed E-state index contributed by atoms with van der Waals surface area (Å²) in [6.45, 7) is 3.14. The smallest absolute Gasteiger partial charge is 0.186 e. The van der Waals surface area contributed by atoms with Gasteiger partial charge in [0.2, 0.25) is 0 Å². The second-order valence-electron chi connectivity index (χ2n) is 9.65. The molecule has 0 atom stereocenters. The topological polar surface area (TPSA) is 56.7 Å². The molecule has 0 aromatic heterocycles. The third kappa shape index (κ3) is 12.9. The minimum Gasteiger partial charge on any atom is -0.507 e. The van der Waals surface area contributed by atoms with Crippen LogP contribution in [0.3, 0.4) is 0 Å². The molecule has 2 aromatic rings. The summed E-state index contributed by atoms with van der Waals surface area (Å²) < 4.78 is 0. The fourth-order valence-electron chi connectivity index (χ4n) is 4.49. The maximum Gasteiger partial charge on any atom is 0.186 e. The SMILES string of the molecule is CCCCCCCCCCCCCCCCCCNC(=S)N/N=C/c1c(O)ccc2ccccc12.